The van der Waals surface area contributed by atoms with Crippen molar-refractivity contribution in [3.63, 3.8) is 0 Å². The monoisotopic (exact) mass is 844 g/mol. The fourth-order valence-corrected chi connectivity index (χ4v) is 10.6. The fourth-order valence-electron chi connectivity index (χ4n) is 10.6. The lowest BCUT2D eigenvalue weighted by atomic mass is 9.49. The number of nitrogens with one attached hydrogen (secondary N) is 2. The summed E-state index contributed by atoms with van der Waals surface area (Å²) in [6, 6.07) is 18.2. The summed E-state index contributed by atoms with van der Waals surface area (Å²) in [7, 11) is 2.12. The first-order valence-electron chi connectivity index (χ1n) is 21.6. The van der Waals surface area contributed by atoms with Crippen LogP contribution in [-0.2, 0) is 20.9 Å². The van der Waals surface area contributed by atoms with Crippen LogP contribution < -0.4 is 20.1 Å². The number of carbonyl (C=O) groups excluding carboxylic acids is 5. The van der Waals surface area contributed by atoms with Crippen molar-refractivity contribution >= 4 is 29.5 Å². The van der Waals surface area contributed by atoms with E-state index in [1.165, 1.54) is 0 Å². The van der Waals surface area contributed by atoms with Gasteiger partial charge in [-0.15, -0.1) is 0 Å². The highest BCUT2D eigenvalue weighted by Gasteiger charge is 2.64. The molecule has 14 heteroatoms. The second kappa shape index (κ2) is 16.6. The number of rotatable bonds is 12. The van der Waals surface area contributed by atoms with Gasteiger partial charge >= 0.3 is 0 Å². The average molecular weight is 845 g/mol. The number of morpholine rings is 1. The minimum Gasteiger partial charge on any atom is -0.490 e. The van der Waals surface area contributed by atoms with Gasteiger partial charge in [0, 0.05) is 73.4 Å². The average Bonchev–Trinajstić information content (AvgIpc) is 3.45. The zero-order chi connectivity index (χ0) is 44.2. The second-order valence-electron chi connectivity index (χ2n) is 18.9. The molecular weight excluding hydrogens is 789 g/mol. The normalized spacial score (nSPS) is 26.5. The standard InChI is InChI=1S/C48H56N6O8/c1-27-18-34(19-28(2)38(27)23-49)62-46-47(3,4)45(48(46,5)6)51-41(56)30-10-8-29(9-11-30)24-53-16-17-60-26-32(53)25-52(7)31-20-35(21-31)61-33-12-13-36-37(22-33)44(59)54(43(36)58)39-14-15-40(55)50-42(39)57/h8-13,18-19,22,31-32,35,39,45-46H,14-17,20-21,24-26H2,1-7H3,(H,51,56)(H,50,55,57)/t31?,32-,35?,39-,45?,46?/m1/s1. The summed E-state index contributed by atoms with van der Waals surface area (Å²) < 4.78 is 18.7. The van der Waals surface area contributed by atoms with Crippen molar-refractivity contribution in [1.29, 1.82) is 5.26 Å². The number of amides is 5. The molecular formula is C48H56N6O8. The highest BCUT2D eigenvalue weighted by molar-refractivity contribution is 6.23. The smallest absolute Gasteiger partial charge is 0.262 e. The number of hydrogen-bond acceptors (Lipinski definition) is 11. The summed E-state index contributed by atoms with van der Waals surface area (Å²) in [5, 5.41) is 15.0. The predicted molar refractivity (Wildman–Crippen MR) is 229 cm³/mol. The molecule has 14 nitrogen and oxygen atoms in total. The molecule has 2 N–H and O–H groups in total. The first-order chi connectivity index (χ1) is 29.5. The molecule has 0 radical (unpaired) electrons. The fraction of sp³-hybridized carbons (Fsp3) is 0.500. The molecule has 8 rings (SSSR count). The van der Waals surface area contributed by atoms with Gasteiger partial charge in [-0.25, -0.2) is 0 Å². The van der Waals surface area contributed by atoms with Gasteiger partial charge in [-0.2, -0.15) is 5.26 Å². The number of piperidine rings is 1. The SMILES string of the molecule is Cc1cc(OC2C(C)(C)C(NC(=O)c3ccc(CN4CCOC[C@H]4CN(C)C4CC(Oc5ccc6c(c5)C(=O)N([C@@H]5CCC(=O)NC5=O)C6=O)C4)cc3)C2(C)C)cc(C)c1C#N. The van der Waals surface area contributed by atoms with E-state index in [4.69, 9.17) is 14.2 Å². The van der Waals surface area contributed by atoms with Crippen LogP contribution in [0.5, 0.6) is 11.5 Å². The summed E-state index contributed by atoms with van der Waals surface area (Å²) in [6.07, 6.45) is 1.59. The maximum Gasteiger partial charge on any atom is 0.262 e. The van der Waals surface area contributed by atoms with Crippen molar-refractivity contribution < 1.29 is 38.2 Å². The maximum atomic E-state index is 13.6. The van der Waals surface area contributed by atoms with Crippen LogP contribution in [0.1, 0.15) is 107 Å². The van der Waals surface area contributed by atoms with Gasteiger partial charge in [0.05, 0.1) is 36.0 Å². The Morgan fingerprint density at radius 2 is 1.61 bits per heavy atom. The van der Waals surface area contributed by atoms with Crippen LogP contribution in [0, 0.1) is 36.0 Å². The molecule has 0 aromatic heterocycles. The third-order valence-corrected chi connectivity index (χ3v) is 13.8. The van der Waals surface area contributed by atoms with Crippen LogP contribution in [-0.4, -0.2) is 114 Å². The minimum absolute atomic E-state index is 0.0490. The Bertz CT molecular complexity index is 2310. The number of aryl methyl sites for hydroxylation is 2. The van der Waals surface area contributed by atoms with Gasteiger partial charge in [-0.1, -0.05) is 39.8 Å². The van der Waals surface area contributed by atoms with Gasteiger partial charge in [0.1, 0.15) is 29.7 Å². The minimum atomic E-state index is -1.01. The molecule has 3 aromatic rings. The Kier molecular flexibility index (Phi) is 11.5. The Hall–Kier alpha value is -5.62. The number of fused-ring (bicyclic) bond motifs is 1. The molecule has 4 fully saturated rings. The van der Waals surface area contributed by atoms with Gasteiger partial charge in [-0.05, 0) is 86.5 Å². The molecule has 3 aliphatic heterocycles. The number of nitrogens with zero attached hydrogens (tertiary/aromatic N) is 4. The van der Waals surface area contributed by atoms with Crippen molar-refractivity contribution in [1.82, 2.24) is 25.3 Å². The van der Waals surface area contributed by atoms with E-state index in [2.05, 4.69) is 61.2 Å². The van der Waals surface area contributed by atoms with Crippen LogP contribution in [0.4, 0.5) is 0 Å². The molecule has 62 heavy (non-hydrogen) atoms. The van der Waals surface area contributed by atoms with E-state index in [1.54, 1.807) is 18.2 Å². The molecule has 0 unspecified atom stereocenters. The number of likely N-dealkylation sites (N-methyl/N-ethyl adjacent to an activating group) is 1. The summed E-state index contributed by atoms with van der Waals surface area (Å²) in [5.74, 6) is -1.02. The Balaban J connectivity index is 0.814. The summed E-state index contributed by atoms with van der Waals surface area (Å²) in [4.78, 5) is 69.8. The second-order valence-corrected chi connectivity index (χ2v) is 18.9. The lowest BCUT2D eigenvalue weighted by Gasteiger charge is -2.63. The summed E-state index contributed by atoms with van der Waals surface area (Å²) in [5.41, 5.74) is 3.93. The van der Waals surface area contributed by atoms with E-state index >= 15 is 0 Å². The van der Waals surface area contributed by atoms with Crippen LogP contribution in [0.25, 0.3) is 0 Å². The van der Waals surface area contributed by atoms with Gasteiger partial charge in [0.15, 0.2) is 0 Å². The highest BCUT2D eigenvalue weighted by atomic mass is 16.5. The van der Waals surface area contributed by atoms with Crippen LogP contribution in [0.2, 0.25) is 0 Å². The van der Waals surface area contributed by atoms with E-state index in [0.717, 1.165) is 59.8 Å². The molecule has 2 atom stereocenters. The van der Waals surface area contributed by atoms with Gasteiger partial charge in [0.2, 0.25) is 11.8 Å². The molecule has 3 heterocycles. The van der Waals surface area contributed by atoms with Crippen LogP contribution in [0.15, 0.2) is 54.6 Å². The zero-order valence-corrected chi connectivity index (χ0v) is 36.6. The largest absolute Gasteiger partial charge is 0.490 e. The maximum absolute atomic E-state index is 13.6. The Morgan fingerprint density at radius 1 is 0.935 bits per heavy atom. The first kappa shape index (κ1) is 43.0. The molecule has 2 saturated carbocycles. The van der Waals surface area contributed by atoms with E-state index in [9.17, 15) is 29.2 Å². The molecule has 326 valence electrons. The highest BCUT2D eigenvalue weighted by Crippen LogP contribution is 2.55. The summed E-state index contributed by atoms with van der Waals surface area (Å²) >= 11 is 0. The molecule has 0 spiro atoms. The van der Waals surface area contributed by atoms with Crippen molar-refractivity contribution in [2.24, 2.45) is 10.8 Å². The number of hydrogen-bond donors (Lipinski definition) is 2. The van der Waals surface area contributed by atoms with Gasteiger partial charge < -0.3 is 24.4 Å². The molecule has 5 amide bonds. The third-order valence-electron chi connectivity index (χ3n) is 13.8. The number of benzene rings is 3. The van der Waals surface area contributed by atoms with Crippen molar-refractivity contribution in [3.05, 3.63) is 93.5 Å². The van der Waals surface area contributed by atoms with Crippen molar-refractivity contribution in [2.45, 2.75) is 110 Å². The predicted octanol–water partition coefficient (Wildman–Crippen LogP) is 4.93. The lowest BCUT2D eigenvalue weighted by Crippen LogP contribution is -2.74. The quantitative estimate of drug-likeness (QED) is 0.237. The van der Waals surface area contributed by atoms with E-state index in [0.29, 0.717) is 36.1 Å². The number of carbonyl (C=O) groups is 5. The molecule has 5 aliphatic rings. The Labute approximate surface area is 362 Å². The van der Waals surface area contributed by atoms with E-state index in [-0.39, 0.29) is 65.0 Å². The number of imide groups is 2. The lowest BCUT2D eigenvalue weighted by molar-refractivity contribution is -0.164. The van der Waals surface area contributed by atoms with Crippen molar-refractivity contribution in [2.75, 3.05) is 33.4 Å². The molecule has 2 aliphatic carbocycles. The third kappa shape index (κ3) is 7.98. The summed E-state index contributed by atoms with van der Waals surface area (Å²) in [6.45, 7) is 16.0. The zero-order valence-electron chi connectivity index (χ0n) is 36.6. The van der Waals surface area contributed by atoms with Crippen LogP contribution >= 0.6 is 0 Å². The number of nitriles is 1. The number of ether oxygens (including phenoxy) is 3. The van der Waals surface area contributed by atoms with Crippen LogP contribution in [0.3, 0.4) is 0 Å². The molecule has 0 bridgehead atoms. The Morgan fingerprint density at radius 3 is 2.27 bits per heavy atom. The van der Waals surface area contributed by atoms with Gasteiger partial charge in [-0.3, -0.25) is 39.1 Å². The topological polar surface area (TPSA) is 171 Å². The molecule has 3 aromatic carbocycles. The first-order valence-corrected chi connectivity index (χ1v) is 21.6. The van der Waals surface area contributed by atoms with Gasteiger partial charge in [0.25, 0.3) is 17.7 Å². The van der Waals surface area contributed by atoms with E-state index < -0.39 is 29.7 Å². The van der Waals surface area contributed by atoms with E-state index in [1.807, 2.05) is 50.2 Å². The van der Waals surface area contributed by atoms with Crippen molar-refractivity contribution in [3.8, 4) is 17.6 Å². The molecule has 2 saturated heterocycles.